The van der Waals surface area contributed by atoms with Crippen LogP contribution in [-0.4, -0.2) is 58.5 Å². The number of aryl methyl sites for hydroxylation is 2. The van der Waals surface area contributed by atoms with Gasteiger partial charge in [0.05, 0.1) is 11.7 Å². The highest BCUT2D eigenvalue weighted by atomic mass is 16.5. The first-order chi connectivity index (χ1) is 13.0. The van der Waals surface area contributed by atoms with Gasteiger partial charge in [-0.3, -0.25) is 14.4 Å². The fraction of sp³-hybridized carbons (Fsp3) is 0.714. The number of aromatic nitrogens is 2. The second kappa shape index (κ2) is 7.40. The number of hydrogen-bond donors (Lipinski definition) is 1. The van der Waals surface area contributed by atoms with Crippen molar-refractivity contribution in [2.75, 3.05) is 26.2 Å². The number of carbonyl (C=O) groups excluding carboxylic acids is 1. The van der Waals surface area contributed by atoms with Crippen LogP contribution in [0.4, 0.5) is 0 Å². The topological polar surface area (TPSA) is 59.4 Å². The second-order valence-corrected chi connectivity index (χ2v) is 8.76. The normalized spacial score (nSPS) is 31.9. The SMILES string of the molecule is CC(C)=CCN1C[C@@H]2[C@H](CNC(=O)CCc3ccnn3C)[C@H]3CC[C@]2(C1)O3. The van der Waals surface area contributed by atoms with Crippen molar-refractivity contribution in [1.82, 2.24) is 20.0 Å². The van der Waals surface area contributed by atoms with Crippen molar-refractivity contribution in [2.45, 2.75) is 51.2 Å². The minimum Gasteiger partial charge on any atom is -0.370 e. The van der Waals surface area contributed by atoms with E-state index in [-0.39, 0.29) is 11.5 Å². The largest absolute Gasteiger partial charge is 0.370 e. The predicted octanol–water partition coefficient (Wildman–Crippen LogP) is 1.91. The van der Waals surface area contributed by atoms with E-state index >= 15 is 0 Å². The smallest absolute Gasteiger partial charge is 0.220 e. The van der Waals surface area contributed by atoms with Gasteiger partial charge in [0, 0.05) is 63.4 Å². The number of ether oxygens (including phenoxy) is 1. The number of nitrogens with zero attached hydrogens (tertiary/aromatic N) is 3. The Kier molecular flexibility index (Phi) is 5.12. The first-order valence-corrected chi connectivity index (χ1v) is 10.2. The Morgan fingerprint density at radius 2 is 2.33 bits per heavy atom. The minimum atomic E-state index is 0.0459. The molecule has 2 bridgehead atoms. The van der Waals surface area contributed by atoms with E-state index in [4.69, 9.17) is 4.74 Å². The number of amides is 1. The lowest BCUT2D eigenvalue weighted by atomic mass is 9.73. The molecule has 1 amide bonds. The van der Waals surface area contributed by atoms with Gasteiger partial charge in [-0.25, -0.2) is 0 Å². The van der Waals surface area contributed by atoms with Crippen LogP contribution in [0.1, 0.15) is 38.8 Å². The lowest BCUT2D eigenvalue weighted by Gasteiger charge is -2.29. The number of hydrogen-bond acceptors (Lipinski definition) is 4. The van der Waals surface area contributed by atoms with Crippen LogP contribution < -0.4 is 5.32 Å². The summed E-state index contributed by atoms with van der Waals surface area (Å²) in [5.74, 6) is 1.14. The average Bonchev–Trinajstić information content (AvgIpc) is 3.36. The van der Waals surface area contributed by atoms with Gasteiger partial charge in [-0.15, -0.1) is 0 Å². The number of rotatable bonds is 7. The van der Waals surface area contributed by atoms with E-state index in [9.17, 15) is 4.79 Å². The van der Waals surface area contributed by atoms with Crippen LogP contribution in [0, 0.1) is 11.8 Å². The van der Waals surface area contributed by atoms with Gasteiger partial charge in [0.2, 0.25) is 5.91 Å². The van der Waals surface area contributed by atoms with Gasteiger partial charge in [-0.1, -0.05) is 11.6 Å². The highest BCUT2D eigenvalue weighted by Crippen LogP contribution is 2.54. The number of nitrogens with one attached hydrogen (secondary N) is 1. The first kappa shape index (κ1) is 18.7. The molecule has 27 heavy (non-hydrogen) atoms. The minimum absolute atomic E-state index is 0.0459. The molecule has 0 radical (unpaired) electrons. The van der Waals surface area contributed by atoms with E-state index in [1.54, 1.807) is 6.20 Å². The molecule has 0 aromatic carbocycles. The summed E-state index contributed by atoms with van der Waals surface area (Å²) in [7, 11) is 1.92. The molecule has 0 saturated carbocycles. The first-order valence-electron chi connectivity index (χ1n) is 10.2. The van der Waals surface area contributed by atoms with Gasteiger partial charge in [0.15, 0.2) is 0 Å². The summed E-state index contributed by atoms with van der Waals surface area (Å²) in [6.07, 6.45) is 7.98. The molecule has 4 rings (SSSR count). The van der Waals surface area contributed by atoms with Crippen molar-refractivity contribution in [3.63, 3.8) is 0 Å². The summed E-state index contributed by atoms with van der Waals surface area (Å²) < 4.78 is 8.31. The van der Waals surface area contributed by atoms with Crippen LogP contribution in [0.25, 0.3) is 0 Å². The number of allylic oxidation sites excluding steroid dienone is 1. The number of likely N-dealkylation sites (tertiary alicyclic amines) is 1. The zero-order valence-electron chi connectivity index (χ0n) is 16.8. The average molecular weight is 373 g/mol. The highest BCUT2D eigenvalue weighted by Gasteiger charge is 2.62. The molecular weight excluding hydrogens is 340 g/mol. The maximum absolute atomic E-state index is 12.3. The monoisotopic (exact) mass is 372 g/mol. The van der Waals surface area contributed by atoms with Gasteiger partial charge in [-0.05, 0) is 39.2 Å². The molecule has 3 fully saturated rings. The van der Waals surface area contributed by atoms with Crippen molar-refractivity contribution in [3.05, 3.63) is 29.6 Å². The molecule has 0 aliphatic carbocycles. The molecule has 4 heterocycles. The zero-order valence-corrected chi connectivity index (χ0v) is 16.8. The fourth-order valence-corrected chi connectivity index (χ4v) is 5.22. The van der Waals surface area contributed by atoms with Crippen molar-refractivity contribution in [1.29, 1.82) is 0 Å². The molecular formula is C21H32N4O2. The molecule has 1 aromatic heterocycles. The van der Waals surface area contributed by atoms with E-state index in [2.05, 4.69) is 35.2 Å². The summed E-state index contributed by atoms with van der Waals surface area (Å²) in [5, 5.41) is 7.34. The van der Waals surface area contributed by atoms with Gasteiger partial charge < -0.3 is 10.1 Å². The molecule has 148 valence electrons. The predicted molar refractivity (Wildman–Crippen MR) is 104 cm³/mol. The quantitative estimate of drug-likeness (QED) is 0.743. The summed E-state index contributed by atoms with van der Waals surface area (Å²) in [6, 6.07) is 1.97. The molecule has 3 aliphatic heterocycles. The molecule has 1 N–H and O–H groups in total. The molecule has 6 nitrogen and oxygen atoms in total. The Hall–Kier alpha value is -1.66. The van der Waals surface area contributed by atoms with Gasteiger partial charge in [0.25, 0.3) is 0 Å². The summed E-state index contributed by atoms with van der Waals surface area (Å²) in [4.78, 5) is 14.9. The Bertz CT molecular complexity index is 724. The summed E-state index contributed by atoms with van der Waals surface area (Å²) >= 11 is 0. The van der Waals surface area contributed by atoms with Crippen molar-refractivity contribution in [3.8, 4) is 0 Å². The summed E-state index contributed by atoms with van der Waals surface area (Å²) in [6.45, 7) is 8.21. The molecule has 3 aliphatic rings. The van der Waals surface area contributed by atoms with E-state index in [1.165, 1.54) is 12.0 Å². The zero-order chi connectivity index (χ0) is 19.0. The van der Waals surface area contributed by atoms with Crippen LogP contribution in [0.3, 0.4) is 0 Å². The molecule has 1 aromatic rings. The summed E-state index contributed by atoms with van der Waals surface area (Å²) in [5.41, 5.74) is 2.51. The Morgan fingerprint density at radius 1 is 1.48 bits per heavy atom. The molecule has 4 atom stereocenters. The van der Waals surface area contributed by atoms with Crippen molar-refractivity contribution >= 4 is 5.91 Å². The van der Waals surface area contributed by atoms with Crippen LogP contribution in [0.5, 0.6) is 0 Å². The highest BCUT2D eigenvalue weighted by molar-refractivity contribution is 5.76. The molecule has 1 spiro atoms. The van der Waals surface area contributed by atoms with Crippen LogP contribution in [0.2, 0.25) is 0 Å². The van der Waals surface area contributed by atoms with Crippen LogP contribution in [-0.2, 0) is 23.0 Å². The fourth-order valence-electron chi connectivity index (χ4n) is 5.22. The van der Waals surface area contributed by atoms with E-state index < -0.39 is 0 Å². The maximum Gasteiger partial charge on any atom is 0.220 e. The lowest BCUT2D eigenvalue weighted by Crippen LogP contribution is -2.42. The number of fused-ring (bicyclic) bond motifs is 1. The lowest BCUT2D eigenvalue weighted by molar-refractivity contribution is -0.121. The molecule has 6 heteroatoms. The van der Waals surface area contributed by atoms with Crippen molar-refractivity contribution in [2.24, 2.45) is 18.9 Å². The third kappa shape index (κ3) is 3.69. The van der Waals surface area contributed by atoms with Crippen LogP contribution >= 0.6 is 0 Å². The van der Waals surface area contributed by atoms with Gasteiger partial charge >= 0.3 is 0 Å². The third-order valence-electron chi connectivity index (χ3n) is 6.68. The Labute approximate surface area is 161 Å². The molecule has 0 unspecified atom stereocenters. The van der Waals surface area contributed by atoms with E-state index in [0.29, 0.717) is 24.4 Å². The second-order valence-electron chi connectivity index (χ2n) is 8.76. The third-order valence-corrected chi connectivity index (χ3v) is 6.68. The Morgan fingerprint density at radius 3 is 3.07 bits per heavy atom. The van der Waals surface area contributed by atoms with E-state index in [0.717, 1.165) is 44.7 Å². The Balaban J connectivity index is 1.30. The van der Waals surface area contributed by atoms with Gasteiger partial charge in [-0.2, -0.15) is 5.10 Å². The van der Waals surface area contributed by atoms with Gasteiger partial charge in [0.1, 0.15) is 0 Å². The van der Waals surface area contributed by atoms with E-state index in [1.807, 2.05) is 17.8 Å². The molecule has 3 saturated heterocycles. The number of carbonyl (C=O) groups is 1. The van der Waals surface area contributed by atoms with Crippen LogP contribution in [0.15, 0.2) is 23.9 Å². The standard InChI is InChI=1S/C21H32N4O2/c1-15(2)8-11-25-13-18-17(19-6-9-21(18,14-25)27-19)12-22-20(26)5-4-16-7-10-23-24(16)3/h7-8,10,17-19H,4-6,9,11-14H2,1-3H3,(H,22,26)/t17-,18+,19+,21+/m0/s1. The maximum atomic E-state index is 12.3. The van der Waals surface area contributed by atoms with Crippen molar-refractivity contribution < 1.29 is 9.53 Å².